The molecule has 0 aromatic rings. The lowest BCUT2D eigenvalue weighted by atomic mass is 9.92. The summed E-state index contributed by atoms with van der Waals surface area (Å²) < 4.78 is 17.5. The van der Waals surface area contributed by atoms with E-state index < -0.39 is 0 Å². The fourth-order valence-corrected chi connectivity index (χ4v) is 3.26. The molecule has 0 N–H and O–H groups in total. The largest absolute Gasteiger partial charge is 0.378 e. The van der Waals surface area contributed by atoms with E-state index in [2.05, 4.69) is 37.5 Å². The summed E-state index contributed by atoms with van der Waals surface area (Å²) in [6.07, 6.45) is 4.55. The van der Waals surface area contributed by atoms with E-state index in [0.29, 0.717) is 18.3 Å². The monoisotopic (exact) mass is 356 g/mol. The van der Waals surface area contributed by atoms with Crippen LogP contribution in [-0.4, -0.2) is 87.2 Å². The first-order valence-electron chi connectivity index (χ1n) is 10.3. The average molecular weight is 357 g/mol. The Bertz CT molecular complexity index is 338. The van der Waals surface area contributed by atoms with E-state index in [9.17, 15) is 0 Å². The number of ether oxygens (including phenoxy) is 3. The quantitative estimate of drug-likeness (QED) is 0.537. The second-order valence-corrected chi connectivity index (χ2v) is 8.24. The molecule has 0 atom stereocenters. The van der Waals surface area contributed by atoms with Gasteiger partial charge < -0.3 is 14.2 Å². The first-order chi connectivity index (χ1) is 12.0. The second kappa shape index (κ2) is 11.5. The van der Waals surface area contributed by atoms with Crippen LogP contribution < -0.4 is 0 Å². The predicted molar refractivity (Wildman–Crippen MR) is 102 cm³/mol. The zero-order chi connectivity index (χ0) is 18.1. The SMILES string of the molecule is CC(C)CCOC1CC(OCCN2CCN(CCOC(C)C)CC2)C1. The third-order valence-corrected chi connectivity index (χ3v) is 5.19. The molecule has 5 heteroatoms. The Kier molecular flexibility index (Phi) is 9.71. The first kappa shape index (κ1) is 21.1. The Hall–Kier alpha value is -0.200. The first-order valence-corrected chi connectivity index (χ1v) is 10.3. The summed E-state index contributed by atoms with van der Waals surface area (Å²) in [5, 5.41) is 0. The minimum Gasteiger partial charge on any atom is -0.378 e. The van der Waals surface area contributed by atoms with Crippen molar-refractivity contribution in [3.63, 3.8) is 0 Å². The van der Waals surface area contributed by atoms with E-state index in [1.54, 1.807) is 0 Å². The van der Waals surface area contributed by atoms with Crippen LogP contribution in [0.2, 0.25) is 0 Å². The number of nitrogens with zero attached hydrogens (tertiary/aromatic N) is 2. The van der Waals surface area contributed by atoms with Gasteiger partial charge in [0.2, 0.25) is 0 Å². The Morgan fingerprint density at radius 3 is 1.80 bits per heavy atom. The number of piperazine rings is 1. The van der Waals surface area contributed by atoms with Gasteiger partial charge in [-0.2, -0.15) is 0 Å². The molecule has 2 rings (SSSR count). The summed E-state index contributed by atoms with van der Waals surface area (Å²) >= 11 is 0. The van der Waals surface area contributed by atoms with Crippen LogP contribution in [0.3, 0.4) is 0 Å². The lowest BCUT2D eigenvalue weighted by Crippen LogP contribution is -2.48. The number of hydrogen-bond acceptors (Lipinski definition) is 5. The molecule has 2 fully saturated rings. The molecule has 1 aliphatic heterocycles. The number of hydrogen-bond donors (Lipinski definition) is 0. The molecule has 0 aromatic carbocycles. The minimum absolute atomic E-state index is 0.338. The summed E-state index contributed by atoms with van der Waals surface area (Å²) in [6.45, 7) is 18.0. The van der Waals surface area contributed by atoms with Crippen LogP contribution in [-0.2, 0) is 14.2 Å². The smallest absolute Gasteiger partial charge is 0.0625 e. The van der Waals surface area contributed by atoms with E-state index >= 15 is 0 Å². The van der Waals surface area contributed by atoms with Gasteiger partial charge in [-0.1, -0.05) is 13.8 Å². The fourth-order valence-electron chi connectivity index (χ4n) is 3.26. The lowest BCUT2D eigenvalue weighted by molar-refractivity contribution is -0.105. The van der Waals surface area contributed by atoms with Crippen LogP contribution in [0.1, 0.15) is 47.0 Å². The van der Waals surface area contributed by atoms with Crippen LogP contribution in [0, 0.1) is 5.92 Å². The van der Waals surface area contributed by atoms with Crippen LogP contribution in [0.4, 0.5) is 0 Å². The molecule has 0 spiro atoms. The molecule has 5 nitrogen and oxygen atoms in total. The summed E-state index contributed by atoms with van der Waals surface area (Å²) in [4.78, 5) is 5.03. The molecule has 1 heterocycles. The predicted octanol–water partition coefficient (Wildman–Crippen LogP) is 2.64. The number of rotatable bonds is 12. The van der Waals surface area contributed by atoms with Crippen molar-refractivity contribution in [1.82, 2.24) is 9.80 Å². The van der Waals surface area contributed by atoms with Crippen molar-refractivity contribution in [3.8, 4) is 0 Å². The normalized spacial score (nSPS) is 25.7. The zero-order valence-corrected chi connectivity index (χ0v) is 16.9. The lowest BCUT2D eigenvalue weighted by Gasteiger charge is -2.37. The van der Waals surface area contributed by atoms with Crippen LogP contribution in [0.5, 0.6) is 0 Å². The molecule has 1 saturated heterocycles. The molecular weight excluding hydrogens is 316 g/mol. The molecule has 148 valence electrons. The maximum Gasteiger partial charge on any atom is 0.0625 e. The summed E-state index contributed by atoms with van der Waals surface area (Å²) in [5.74, 6) is 0.732. The minimum atomic E-state index is 0.338. The molecule has 2 aliphatic rings. The Morgan fingerprint density at radius 1 is 0.760 bits per heavy atom. The molecule has 0 aromatic heterocycles. The van der Waals surface area contributed by atoms with Crippen molar-refractivity contribution in [2.75, 3.05) is 59.1 Å². The van der Waals surface area contributed by atoms with E-state index in [0.717, 1.165) is 84.3 Å². The Labute approximate surface area is 155 Å². The van der Waals surface area contributed by atoms with Crippen molar-refractivity contribution in [1.29, 1.82) is 0 Å². The molecule has 25 heavy (non-hydrogen) atoms. The highest BCUT2D eigenvalue weighted by atomic mass is 16.5. The summed E-state index contributed by atoms with van der Waals surface area (Å²) in [5.41, 5.74) is 0. The zero-order valence-electron chi connectivity index (χ0n) is 16.9. The van der Waals surface area contributed by atoms with E-state index in [1.807, 2.05) is 0 Å². The van der Waals surface area contributed by atoms with Gasteiger partial charge in [0, 0.05) is 45.9 Å². The Balaban J connectivity index is 1.41. The van der Waals surface area contributed by atoms with Gasteiger partial charge in [-0.3, -0.25) is 9.80 Å². The standard InChI is InChI=1S/C20H40N2O3/c1-17(2)5-12-24-19-15-20(16-19)25-14-11-22-8-6-21(7-9-22)10-13-23-18(3)4/h17-20H,5-16H2,1-4H3. The molecule has 0 bridgehead atoms. The average Bonchev–Trinajstić information content (AvgIpc) is 2.52. The molecule has 1 saturated carbocycles. The Morgan fingerprint density at radius 2 is 1.28 bits per heavy atom. The summed E-state index contributed by atoms with van der Waals surface area (Å²) in [7, 11) is 0. The van der Waals surface area contributed by atoms with Crippen molar-refractivity contribution in [3.05, 3.63) is 0 Å². The van der Waals surface area contributed by atoms with Gasteiger partial charge in [-0.15, -0.1) is 0 Å². The van der Waals surface area contributed by atoms with Gasteiger partial charge in [-0.05, 0) is 39.0 Å². The van der Waals surface area contributed by atoms with Crippen molar-refractivity contribution >= 4 is 0 Å². The third-order valence-electron chi connectivity index (χ3n) is 5.19. The highest BCUT2D eigenvalue weighted by Crippen LogP contribution is 2.26. The van der Waals surface area contributed by atoms with Gasteiger partial charge in [0.15, 0.2) is 0 Å². The third kappa shape index (κ3) is 8.83. The molecule has 0 amide bonds. The van der Waals surface area contributed by atoms with Gasteiger partial charge in [0.1, 0.15) is 0 Å². The second-order valence-electron chi connectivity index (χ2n) is 8.24. The molecule has 0 radical (unpaired) electrons. The van der Waals surface area contributed by atoms with Crippen molar-refractivity contribution in [2.45, 2.75) is 65.3 Å². The topological polar surface area (TPSA) is 34.2 Å². The highest BCUT2D eigenvalue weighted by Gasteiger charge is 2.30. The van der Waals surface area contributed by atoms with Gasteiger partial charge in [-0.25, -0.2) is 0 Å². The fraction of sp³-hybridized carbons (Fsp3) is 1.00. The highest BCUT2D eigenvalue weighted by molar-refractivity contribution is 4.81. The molecular formula is C20H40N2O3. The van der Waals surface area contributed by atoms with Gasteiger partial charge >= 0.3 is 0 Å². The van der Waals surface area contributed by atoms with E-state index in [1.165, 1.54) is 0 Å². The molecule has 1 aliphatic carbocycles. The van der Waals surface area contributed by atoms with Crippen molar-refractivity contribution in [2.24, 2.45) is 5.92 Å². The maximum atomic E-state index is 6.00. The van der Waals surface area contributed by atoms with Crippen LogP contribution in [0.25, 0.3) is 0 Å². The van der Waals surface area contributed by atoms with Gasteiger partial charge in [0.05, 0.1) is 31.5 Å². The van der Waals surface area contributed by atoms with Gasteiger partial charge in [0.25, 0.3) is 0 Å². The van der Waals surface area contributed by atoms with E-state index in [-0.39, 0.29) is 0 Å². The van der Waals surface area contributed by atoms with Crippen molar-refractivity contribution < 1.29 is 14.2 Å². The molecule has 0 unspecified atom stereocenters. The summed E-state index contributed by atoms with van der Waals surface area (Å²) in [6, 6.07) is 0. The maximum absolute atomic E-state index is 6.00. The van der Waals surface area contributed by atoms with Crippen LogP contribution in [0.15, 0.2) is 0 Å². The van der Waals surface area contributed by atoms with E-state index in [4.69, 9.17) is 14.2 Å². The van der Waals surface area contributed by atoms with Crippen LogP contribution >= 0.6 is 0 Å².